The molecule has 1 atom stereocenters. The number of rotatable bonds is 7. The molecule has 1 unspecified atom stereocenters. The van der Waals surface area contributed by atoms with Gasteiger partial charge in [-0.15, -0.1) is 0 Å². The number of piperidine rings is 1. The molecule has 0 aliphatic carbocycles. The van der Waals surface area contributed by atoms with Crippen LogP contribution >= 0.6 is 0 Å². The van der Waals surface area contributed by atoms with E-state index in [2.05, 4.69) is 40.9 Å². The Kier molecular flexibility index (Phi) is 6.90. The van der Waals surface area contributed by atoms with Crippen LogP contribution in [0.25, 0.3) is 0 Å². The zero-order valence-corrected chi connectivity index (χ0v) is 17.3. The fourth-order valence-corrected chi connectivity index (χ4v) is 3.96. The molecule has 150 valence electrons. The van der Waals surface area contributed by atoms with Gasteiger partial charge in [-0.2, -0.15) is 0 Å². The highest BCUT2D eigenvalue weighted by atomic mass is 16.1. The standard InChI is InChI=1S/C23H32N4O/c1-4-20-9-7-8-16-27(20)22-15-10-18(17-24-22)23(28)25-19-11-13-21(14-12-19)26(5-2)6-3/h10-15,17,20H,4-9,16H2,1-3H3,(H,25,28). The van der Waals surface area contributed by atoms with Crippen LogP contribution in [0.15, 0.2) is 42.6 Å². The Morgan fingerprint density at radius 3 is 2.46 bits per heavy atom. The number of amides is 1. The average molecular weight is 381 g/mol. The van der Waals surface area contributed by atoms with Crippen LogP contribution in [0.1, 0.15) is 56.8 Å². The fraction of sp³-hybridized carbons (Fsp3) is 0.478. The van der Waals surface area contributed by atoms with E-state index in [9.17, 15) is 4.79 Å². The minimum absolute atomic E-state index is 0.125. The minimum Gasteiger partial charge on any atom is -0.372 e. The molecule has 0 bridgehead atoms. The van der Waals surface area contributed by atoms with Crippen molar-refractivity contribution < 1.29 is 4.79 Å². The Labute approximate surface area is 168 Å². The average Bonchev–Trinajstić information content (AvgIpc) is 2.76. The van der Waals surface area contributed by atoms with Crippen molar-refractivity contribution in [3.63, 3.8) is 0 Å². The first-order valence-corrected chi connectivity index (χ1v) is 10.5. The Morgan fingerprint density at radius 2 is 1.86 bits per heavy atom. The van der Waals surface area contributed by atoms with Gasteiger partial charge < -0.3 is 15.1 Å². The van der Waals surface area contributed by atoms with Gasteiger partial charge in [0.2, 0.25) is 0 Å². The summed E-state index contributed by atoms with van der Waals surface area (Å²) in [6.45, 7) is 9.50. The van der Waals surface area contributed by atoms with Gasteiger partial charge in [-0.25, -0.2) is 4.98 Å². The highest BCUT2D eigenvalue weighted by molar-refractivity contribution is 6.04. The predicted molar refractivity (Wildman–Crippen MR) is 117 cm³/mol. The molecule has 1 amide bonds. The summed E-state index contributed by atoms with van der Waals surface area (Å²) in [5.74, 6) is 0.854. The Bertz CT molecular complexity index is 753. The SMILES string of the molecule is CCC1CCCCN1c1ccc(C(=O)Nc2ccc(N(CC)CC)cc2)cn1. The molecule has 1 saturated heterocycles. The Balaban J connectivity index is 1.64. The lowest BCUT2D eigenvalue weighted by atomic mass is 10.00. The number of benzene rings is 1. The van der Waals surface area contributed by atoms with Crippen LogP contribution in [0.2, 0.25) is 0 Å². The molecule has 0 radical (unpaired) electrons. The van der Waals surface area contributed by atoms with E-state index in [4.69, 9.17) is 0 Å². The minimum atomic E-state index is -0.125. The number of anilines is 3. The van der Waals surface area contributed by atoms with Gasteiger partial charge in [0.1, 0.15) is 5.82 Å². The molecule has 2 aromatic rings. The molecule has 1 aliphatic heterocycles. The van der Waals surface area contributed by atoms with Crippen LogP contribution < -0.4 is 15.1 Å². The molecule has 2 heterocycles. The lowest BCUT2D eigenvalue weighted by Crippen LogP contribution is -2.39. The molecular formula is C23H32N4O. The molecule has 1 aromatic heterocycles. The van der Waals surface area contributed by atoms with Crippen LogP contribution in [0.4, 0.5) is 17.2 Å². The number of hydrogen-bond donors (Lipinski definition) is 1. The van der Waals surface area contributed by atoms with Crippen molar-refractivity contribution >= 4 is 23.1 Å². The van der Waals surface area contributed by atoms with Crippen LogP contribution in [0.5, 0.6) is 0 Å². The number of nitrogens with zero attached hydrogens (tertiary/aromatic N) is 3. The summed E-state index contributed by atoms with van der Waals surface area (Å²) in [6.07, 6.45) is 6.56. The maximum Gasteiger partial charge on any atom is 0.257 e. The molecule has 3 rings (SSSR count). The number of nitrogens with one attached hydrogen (secondary N) is 1. The number of pyridine rings is 1. The summed E-state index contributed by atoms with van der Waals surface area (Å²) in [4.78, 5) is 21.8. The van der Waals surface area contributed by atoms with Gasteiger partial charge in [-0.1, -0.05) is 6.92 Å². The second-order valence-corrected chi connectivity index (χ2v) is 7.33. The summed E-state index contributed by atoms with van der Waals surface area (Å²) < 4.78 is 0. The zero-order chi connectivity index (χ0) is 19.9. The second kappa shape index (κ2) is 9.58. The summed E-state index contributed by atoms with van der Waals surface area (Å²) in [6, 6.07) is 12.4. The monoisotopic (exact) mass is 380 g/mol. The third-order valence-electron chi connectivity index (χ3n) is 5.66. The van der Waals surface area contributed by atoms with Crippen molar-refractivity contribution in [1.29, 1.82) is 0 Å². The van der Waals surface area contributed by atoms with Gasteiger partial charge in [-0.05, 0) is 75.9 Å². The van der Waals surface area contributed by atoms with Gasteiger partial charge in [0, 0.05) is 43.2 Å². The summed E-state index contributed by atoms with van der Waals surface area (Å²) in [5, 5.41) is 2.97. The van der Waals surface area contributed by atoms with E-state index in [1.807, 2.05) is 36.4 Å². The molecule has 1 aliphatic rings. The third-order valence-corrected chi connectivity index (χ3v) is 5.66. The van der Waals surface area contributed by atoms with Crippen molar-refractivity contribution in [3.05, 3.63) is 48.2 Å². The third kappa shape index (κ3) is 4.64. The van der Waals surface area contributed by atoms with Crippen molar-refractivity contribution in [1.82, 2.24) is 4.98 Å². The molecular weight excluding hydrogens is 348 g/mol. The smallest absolute Gasteiger partial charge is 0.257 e. The van der Waals surface area contributed by atoms with Crippen molar-refractivity contribution in [3.8, 4) is 0 Å². The van der Waals surface area contributed by atoms with Crippen molar-refractivity contribution in [2.24, 2.45) is 0 Å². The first-order chi connectivity index (χ1) is 13.7. The normalized spacial score (nSPS) is 16.7. The van der Waals surface area contributed by atoms with Gasteiger partial charge in [0.25, 0.3) is 5.91 Å². The molecule has 28 heavy (non-hydrogen) atoms. The highest BCUT2D eigenvalue weighted by Gasteiger charge is 2.22. The first kappa shape index (κ1) is 20.2. The van der Waals surface area contributed by atoms with Crippen molar-refractivity contribution in [2.75, 3.05) is 34.8 Å². The number of aromatic nitrogens is 1. The van der Waals surface area contributed by atoms with E-state index < -0.39 is 0 Å². The maximum absolute atomic E-state index is 12.6. The Hall–Kier alpha value is -2.56. The molecule has 1 N–H and O–H groups in total. The lowest BCUT2D eigenvalue weighted by molar-refractivity contribution is 0.102. The second-order valence-electron chi connectivity index (χ2n) is 7.33. The van der Waals surface area contributed by atoms with Crippen molar-refractivity contribution in [2.45, 2.75) is 52.5 Å². The molecule has 1 fully saturated rings. The lowest BCUT2D eigenvalue weighted by Gasteiger charge is -2.36. The quantitative estimate of drug-likeness (QED) is 0.738. The van der Waals surface area contributed by atoms with E-state index in [0.717, 1.165) is 37.6 Å². The van der Waals surface area contributed by atoms with E-state index >= 15 is 0 Å². The van der Waals surface area contributed by atoms with Gasteiger partial charge in [0.15, 0.2) is 0 Å². The van der Waals surface area contributed by atoms with Crippen LogP contribution in [0, 0.1) is 0 Å². The zero-order valence-electron chi connectivity index (χ0n) is 17.3. The topological polar surface area (TPSA) is 48.5 Å². The predicted octanol–water partition coefficient (Wildman–Crippen LogP) is 4.95. The van der Waals surface area contributed by atoms with E-state index in [1.165, 1.54) is 24.9 Å². The number of carbonyl (C=O) groups excluding carboxylic acids is 1. The summed E-state index contributed by atoms with van der Waals surface area (Å²) in [7, 11) is 0. The maximum atomic E-state index is 12.6. The van der Waals surface area contributed by atoms with Crippen LogP contribution in [0.3, 0.4) is 0 Å². The molecule has 0 spiro atoms. The van der Waals surface area contributed by atoms with Gasteiger partial charge >= 0.3 is 0 Å². The largest absolute Gasteiger partial charge is 0.372 e. The highest BCUT2D eigenvalue weighted by Crippen LogP contribution is 2.25. The number of hydrogen-bond acceptors (Lipinski definition) is 4. The van der Waals surface area contributed by atoms with Gasteiger partial charge in [0.05, 0.1) is 5.56 Å². The number of carbonyl (C=O) groups is 1. The van der Waals surface area contributed by atoms with Crippen LogP contribution in [-0.4, -0.2) is 36.6 Å². The van der Waals surface area contributed by atoms with E-state index in [0.29, 0.717) is 11.6 Å². The summed E-state index contributed by atoms with van der Waals surface area (Å²) >= 11 is 0. The summed E-state index contributed by atoms with van der Waals surface area (Å²) in [5.41, 5.74) is 2.55. The molecule has 5 nitrogen and oxygen atoms in total. The molecule has 1 aromatic carbocycles. The van der Waals surface area contributed by atoms with E-state index in [1.54, 1.807) is 6.20 Å². The molecule has 5 heteroatoms. The first-order valence-electron chi connectivity index (χ1n) is 10.5. The van der Waals surface area contributed by atoms with E-state index in [-0.39, 0.29) is 5.91 Å². The van der Waals surface area contributed by atoms with Gasteiger partial charge in [-0.3, -0.25) is 4.79 Å². The Morgan fingerprint density at radius 1 is 1.11 bits per heavy atom. The molecule has 0 saturated carbocycles. The van der Waals surface area contributed by atoms with Crippen LogP contribution in [-0.2, 0) is 0 Å². The fourth-order valence-electron chi connectivity index (χ4n) is 3.96.